The third-order valence-corrected chi connectivity index (χ3v) is 5.76. The monoisotopic (exact) mass is 476 g/mol. The van der Waals surface area contributed by atoms with E-state index in [9.17, 15) is 22.0 Å². The van der Waals surface area contributed by atoms with Crippen molar-refractivity contribution in [3.05, 3.63) is 130 Å². The molecule has 0 nitrogen and oxygen atoms in total. The third-order valence-electron chi connectivity index (χ3n) is 5.76. The second-order valence-corrected chi connectivity index (χ2v) is 8.26. The molecule has 0 aromatic heterocycles. The molecule has 0 unspecified atom stereocenters. The van der Waals surface area contributed by atoms with Crippen LogP contribution in [0.25, 0.3) is 10.8 Å². The molecule has 0 spiro atoms. The molecule has 0 saturated heterocycles. The Morgan fingerprint density at radius 3 is 1.97 bits per heavy atom. The molecule has 0 radical (unpaired) electrons. The van der Waals surface area contributed by atoms with Crippen LogP contribution in [-0.4, -0.2) is 0 Å². The van der Waals surface area contributed by atoms with Crippen LogP contribution in [0.1, 0.15) is 34.2 Å². The molecule has 4 rings (SSSR count). The summed E-state index contributed by atoms with van der Waals surface area (Å²) < 4.78 is 70.2. The van der Waals surface area contributed by atoms with Crippen molar-refractivity contribution in [2.45, 2.75) is 25.7 Å². The Balaban J connectivity index is 1.47. The van der Waals surface area contributed by atoms with Gasteiger partial charge in [0.1, 0.15) is 17.5 Å². The normalized spacial score (nSPS) is 10.8. The van der Waals surface area contributed by atoms with Crippen molar-refractivity contribution < 1.29 is 22.0 Å². The largest absolute Gasteiger partial charge is 0.207 e. The van der Waals surface area contributed by atoms with E-state index in [1.807, 2.05) is 0 Å². The number of hydrogen-bond acceptors (Lipinski definition) is 0. The quantitative estimate of drug-likeness (QED) is 0.151. The molecular formula is C30H21F5. The summed E-state index contributed by atoms with van der Waals surface area (Å²) in [5, 5.41) is 1.02. The first kappa shape index (κ1) is 24.2. The van der Waals surface area contributed by atoms with Gasteiger partial charge in [0.05, 0.1) is 5.56 Å². The van der Waals surface area contributed by atoms with E-state index in [1.165, 1.54) is 24.3 Å². The summed E-state index contributed by atoms with van der Waals surface area (Å²) >= 11 is 0. The Morgan fingerprint density at radius 2 is 1.29 bits per heavy atom. The van der Waals surface area contributed by atoms with Gasteiger partial charge in [0, 0.05) is 11.1 Å². The van der Waals surface area contributed by atoms with Gasteiger partial charge in [-0.15, -0.1) is 6.58 Å². The van der Waals surface area contributed by atoms with Crippen molar-refractivity contribution in [2.75, 3.05) is 0 Å². The maximum Gasteiger partial charge on any atom is 0.159 e. The molecule has 35 heavy (non-hydrogen) atoms. The minimum absolute atomic E-state index is 0.0238. The van der Waals surface area contributed by atoms with Gasteiger partial charge in [0.2, 0.25) is 0 Å². The van der Waals surface area contributed by atoms with E-state index in [4.69, 9.17) is 0 Å². The number of allylic oxidation sites excluding steroid dienone is 1. The Morgan fingerprint density at radius 1 is 0.600 bits per heavy atom. The van der Waals surface area contributed by atoms with E-state index in [1.54, 1.807) is 30.3 Å². The number of fused-ring (bicyclic) bond motifs is 1. The average molecular weight is 476 g/mol. The second kappa shape index (κ2) is 10.6. The number of hydrogen-bond donors (Lipinski definition) is 0. The minimum Gasteiger partial charge on any atom is -0.207 e. The molecule has 0 fully saturated rings. The van der Waals surface area contributed by atoms with E-state index in [2.05, 4.69) is 18.4 Å². The minimum atomic E-state index is -0.951. The Kier molecular flexibility index (Phi) is 7.31. The number of benzene rings is 4. The van der Waals surface area contributed by atoms with Crippen LogP contribution in [0.15, 0.2) is 73.3 Å². The van der Waals surface area contributed by atoms with E-state index >= 15 is 0 Å². The highest BCUT2D eigenvalue weighted by Gasteiger charge is 2.12. The van der Waals surface area contributed by atoms with Gasteiger partial charge in [-0.3, -0.25) is 0 Å². The summed E-state index contributed by atoms with van der Waals surface area (Å²) in [4.78, 5) is 0. The van der Waals surface area contributed by atoms with Gasteiger partial charge in [0.25, 0.3) is 0 Å². The van der Waals surface area contributed by atoms with Crippen molar-refractivity contribution in [3.8, 4) is 11.8 Å². The summed E-state index contributed by atoms with van der Waals surface area (Å²) in [5.74, 6) is 1.93. The van der Waals surface area contributed by atoms with Crippen LogP contribution in [0.5, 0.6) is 0 Å². The fourth-order valence-corrected chi connectivity index (χ4v) is 3.85. The number of halogens is 5. The number of aryl methyl sites for hydroxylation is 2. The van der Waals surface area contributed by atoms with Gasteiger partial charge in [-0.2, -0.15) is 0 Å². The van der Waals surface area contributed by atoms with Crippen LogP contribution >= 0.6 is 0 Å². The van der Waals surface area contributed by atoms with Crippen molar-refractivity contribution in [1.29, 1.82) is 0 Å². The fourth-order valence-electron chi connectivity index (χ4n) is 3.85. The van der Waals surface area contributed by atoms with Gasteiger partial charge in [0.15, 0.2) is 11.6 Å². The molecular weight excluding hydrogens is 455 g/mol. The molecule has 0 aliphatic heterocycles. The SMILES string of the molecule is C=CCCc1cc(F)c(CCc2ccc(C#Cc3ccc4cc(F)c(F)cc4c3)c(F)c2)c(F)c1. The highest BCUT2D eigenvalue weighted by molar-refractivity contribution is 5.84. The van der Waals surface area contributed by atoms with Gasteiger partial charge < -0.3 is 0 Å². The van der Waals surface area contributed by atoms with Crippen LogP contribution in [0.2, 0.25) is 0 Å². The first-order chi connectivity index (χ1) is 16.8. The predicted octanol–water partition coefficient (Wildman–Crippen LogP) is 7.84. The molecule has 0 atom stereocenters. The molecule has 0 heterocycles. The highest BCUT2D eigenvalue weighted by atomic mass is 19.2. The molecule has 0 amide bonds. The zero-order chi connectivity index (χ0) is 24.9. The lowest BCUT2D eigenvalue weighted by Crippen LogP contribution is -2.01. The lowest BCUT2D eigenvalue weighted by atomic mass is 9.99. The molecule has 4 aromatic rings. The Hall–Kier alpha value is -3.91. The zero-order valence-electron chi connectivity index (χ0n) is 18.8. The Bertz CT molecular complexity index is 1450. The summed E-state index contributed by atoms with van der Waals surface area (Å²) in [6.45, 7) is 3.61. The summed E-state index contributed by atoms with van der Waals surface area (Å²) in [6.07, 6.45) is 3.19. The maximum atomic E-state index is 14.6. The Labute approximate surface area is 200 Å². The third kappa shape index (κ3) is 5.78. The number of rotatable bonds is 6. The van der Waals surface area contributed by atoms with E-state index in [-0.39, 0.29) is 24.0 Å². The molecule has 5 heteroatoms. The standard InChI is InChI=1S/C30H21F5/c1-2-3-4-21-15-27(32)25(28(33)16-21)12-8-20-6-10-22(26(31)14-20)9-5-19-7-11-23-17-29(34)30(35)18-24(23)13-19/h2,6-7,10-11,13-18H,1,3-4,8,12H2. The first-order valence-corrected chi connectivity index (χ1v) is 11.1. The molecule has 0 N–H and O–H groups in total. The maximum absolute atomic E-state index is 14.6. The fraction of sp³-hybridized carbons (Fsp3) is 0.133. The van der Waals surface area contributed by atoms with Gasteiger partial charge in [-0.05, 0) is 96.1 Å². The lowest BCUT2D eigenvalue weighted by Gasteiger charge is -2.08. The lowest BCUT2D eigenvalue weighted by molar-refractivity contribution is 0.511. The molecule has 0 aliphatic carbocycles. The summed E-state index contributed by atoms with van der Waals surface area (Å²) in [5.41, 5.74) is 1.81. The van der Waals surface area contributed by atoms with Crippen molar-refractivity contribution in [3.63, 3.8) is 0 Å². The smallest absolute Gasteiger partial charge is 0.159 e. The highest BCUT2D eigenvalue weighted by Crippen LogP contribution is 2.21. The van der Waals surface area contributed by atoms with Gasteiger partial charge in [-0.25, -0.2) is 22.0 Å². The van der Waals surface area contributed by atoms with Crippen molar-refractivity contribution in [1.82, 2.24) is 0 Å². The van der Waals surface area contributed by atoms with Crippen LogP contribution in [-0.2, 0) is 19.3 Å². The van der Waals surface area contributed by atoms with Crippen LogP contribution < -0.4 is 0 Å². The van der Waals surface area contributed by atoms with Crippen LogP contribution in [0.4, 0.5) is 22.0 Å². The molecule has 0 aliphatic rings. The zero-order valence-corrected chi connectivity index (χ0v) is 18.8. The molecule has 0 bridgehead atoms. The van der Waals surface area contributed by atoms with Crippen LogP contribution in [0.3, 0.4) is 0 Å². The van der Waals surface area contributed by atoms with Gasteiger partial charge in [-0.1, -0.05) is 30.0 Å². The topological polar surface area (TPSA) is 0 Å². The van der Waals surface area contributed by atoms with Crippen molar-refractivity contribution >= 4 is 10.8 Å². The molecule has 0 saturated carbocycles. The first-order valence-electron chi connectivity index (χ1n) is 11.1. The second-order valence-electron chi connectivity index (χ2n) is 8.26. The van der Waals surface area contributed by atoms with Gasteiger partial charge >= 0.3 is 0 Å². The molecule has 176 valence electrons. The summed E-state index contributed by atoms with van der Waals surface area (Å²) in [7, 11) is 0. The summed E-state index contributed by atoms with van der Waals surface area (Å²) in [6, 6.07) is 14.2. The van der Waals surface area contributed by atoms with Crippen molar-refractivity contribution in [2.24, 2.45) is 0 Å². The predicted molar refractivity (Wildman–Crippen MR) is 129 cm³/mol. The van der Waals surface area contributed by atoms with Crippen LogP contribution in [0, 0.1) is 40.9 Å². The van der Waals surface area contributed by atoms with E-state index < -0.39 is 29.1 Å². The molecule has 4 aromatic carbocycles. The van der Waals surface area contributed by atoms with E-state index in [0.29, 0.717) is 40.3 Å². The average Bonchev–Trinajstić information content (AvgIpc) is 2.82. The van der Waals surface area contributed by atoms with E-state index in [0.717, 1.165) is 12.1 Å².